The molecule has 3 rings (SSSR count). The zero-order valence-electron chi connectivity index (χ0n) is 15.9. The van der Waals surface area contributed by atoms with Crippen molar-refractivity contribution in [3.05, 3.63) is 28.8 Å². The number of piperazine rings is 1. The molecule has 2 heterocycles. The highest BCUT2D eigenvalue weighted by Crippen LogP contribution is 2.33. The van der Waals surface area contributed by atoms with Crippen LogP contribution < -0.4 is 4.90 Å². The van der Waals surface area contributed by atoms with Crippen LogP contribution >= 0.6 is 11.6 Å². The lowest BCUT2D eigenvalue weighted by atomic mass is 10.1. The van der Waals surface area contributed by atoms with E-state index in [-0.39, 0.29) is 13.1 Å². The zero-order valence-corrected chi connectivity index (χ0v) is 16.7. The average Bonchev–Trinajstić information content (AvgIpc) is 3.20. The van der Waals surface area contributed by atoms with E-state index in [4.69, 9.17) is 11.6 Å². The third-order valence-corrected chi connectivity index (χ3v) is 5.57. The van der Waals surface area contributed by atoms with Gasteiger partial charge < -0.3 is 14.5 Å². The van der Waals surface area contributed by atoms with Crippen molar-refractivity contribution in [2.45, 2.75) is 31.7 Å². The summed E-state index contributed by atoms with van der Waals surface area (Å²) in [6.07, 6.45) is -6.51. The van der Waals surface area contributed by atoms with Crippen LogP contribution in [0.15, 0.2) is 18.2 Å². The standard InChI is InChI=1S/C19H24ClF4N3O2/c20-15-5-3-4-14(17(15)26-6-1-2-7-26)13-25-8-10-27(11-9-25)18(28)29-16(12-21)19(22,23)24/h3-5,16H,1-2,6-13H2. The predicted molar refractivity (Wildman–Crippen MR) is 102 cm³/mol. The van der Waals surface area contributed by atoms with Crippen LogP contribution in [0.4, 0.5) is 28.0 Å². The molecule has 2 aliphatic rings. The molecule has 2 aliphatic heterocycles. The Morgan fingerprint density at radius 2 is 1.76 bits per heavy atom. The number of benzene rings is 1. The third kappa shape index (κ3) is 5.45. The Balaban J connectivity index is 1.57. The summed E-state index contributed by atoms with van der Waals surface area (Å²) in [4.78, 5) is 17.5. The Morgan fingerprint density at radius 3 is 2.34 bits per heavy atom. The quantitative estimate of drug-likeness (QED) is 0.650. The summed E-state index contributed by atoms with van der Waals surface area (Å²) in [6, 6.07) is 5.79. The van der Waals surface area contributed by atoms with Gasteiger partial charge >= 0.3 is 12.3 Å². The van der Waals surface area contributed by atoms with E-state index in [1.165, 1.54) is 4.90 Å². The van der Waals surface area contributed by atoms with Crippen molar-refractivity contribution in [3.63, 3.8) is 0 Å². The fraction of sp³-hybridized carbons (Fsp3) is 0.632. The number of alkyl halides is 4. The number of amides is 1. The van der Waals surface area contributed by atoms with Crippen molar-refractivity contribution in [1.29, 1.82) is 0 Å². The fourth-order valence-corrected chi connectivity index (χ4v) is 4.01. The van der Waals surface area contributed by atoms with Gasteiger partial charge in [-0.3, -0.25) is 4.90 Å². The number of ether oxygens (including phenoxy) is 1. The Bertz CT molecular complexity index is 705. The molecule has 5 nitrogen and oxygen atoms in total. The second-order valence-electron chi connectivity index (χ2n) is 7.27. The van der Waals surface area contributed by atoms with E-state index in [9.17, 15) is 22.4 Å². The van der Waals surface area contributed by atoms with Crippen LogP contribution in [0.25, 0.3) is 0 Å². The highest BCUT2D eigenvalue weighted by molar-refractivity contribution is 6.33. The minimum Gasteiger partial charge on any atom is -0.434 e. The van der Waals surface area contributed by atoms with Crippen molar-refractivity contribution in [2.75, 3.05) is 50.8 Å². The number of carbonyl (C=O) groups is 1. The van der Waals surface area contributed by atoms with E-state index in [2.05, 4.69) is 14.5 Å². The summed E-state index contributed by atoms with van der Waals surface area (Å²) in [5.74, 6) is 0. The first kappa shape index (κ1) is 22.0. The van der Waals surface area contributed by atoms with E-state index in [0.29, 0.717) is 24.7 Å². The van der Waals surface area contributed by atoms with Gasteiger partial charge in [-0.25, -0.2) is 9.18 Å². The maximum absolute atomic E-state index is 12.6. The molecule has 0 bridgehead atoms. The number of hydrogen-bond donors (Lipinski definition) is 0. The van der Waals surface area contributed by atoms with Crippen LogP contribution in [0.3, 0.4) is 0 Å². The Hall–Kier alpha value is -1.74. The lowest BCUT2D eigenvalue weighted by Crippen LogP contribution is -2.50. The molecule has 0 radical (unpaired) electrons. The van der Waals surface area contributed by atoms with Crippen LogP contribution in [0.2, 0.25) is 5.02 Å². The Labute approximate surface area is 172 Å². The summed E-state index contributed by atoms with van der Waals surface area (Å²) in [6.45, 7) is 2.16. The summed E-state index contributed by atoms with van der Waals surface area (Å²) in [5, 5.41) is 0.705. The molecule has 2 saturated heterocycles. The minimum atomic E-state index is -4.91. The summed E-state index contributed by atoms with van der Waals surface area (Å²) in [5.41, 5.74) is 2.12. The smallest absolute Gasteiger partial charge is 0.428 e. The number of nitrogens with zero attached hydrogens (tertiary/aromatic N) is 3. The summed E-state index contributed by atoms with van der Waals surface area (Å²) < 4.78 is 54.6. The van der Waals surface area contributed by atoms with Crippen molar-refractivity contribution < 1.29 is 27.1 Å². The Kier molecular flexibility index (Phi) is 7.10. The second-order valence-corrected chi connectivity index (χ2v) is 7.68. The van der Waals surface area contributed by atoms with Crippen molar-refractivity contribution in [2.24, 2.45) is 0 Å². The monoisotopic (exact) mass is 437 g/mol. The third-order valence-electron chi connectivity index (χ3n) is 5.27. The van der Waals surface area contributed by atoms with Crippen LogP contribution in [-0.2, 0) is 11.3 Å². The molecule has 1 atom stereocenters. The molecule has 162 valence electrons. The number of rotatable bonds is 5. The molecule has 0 aliphatic carbocycles. The maximum atomic E-state index is 12.6. The predicted octanol–water partition coefficient (Wildman–Crippen LogP) is 4.09. The molecule has 0 aromatic heterocycles. The van der Waals surface area contributed by atoms with Gasteiger partial charge in [0.25, 0.3) is 0 Å². The Morgan fingerprint density at radius 1 is 1.10 bits per heavy atom. The molecule has 1 unspecified atom stereocenters. The first-order chi connectivity index (χ1) is 13.8. The number of halogens is 5. The van der Waals surface area contributed by atoms with Crippen LogP contribution in [0.1, 0.15) is 18.4 Å². The normalized spacial score (nSPS) is 19.5. The highest BCUT2D eigenvalue weighted by Gasteiger charge is 2.44. The lowest BCUT2D eigenvalue weighted by molar-refractivity contribution is -0.209. The first-order valence-corrected chi connectivity index (χ1v) is 10.0. The average molecular weight is 438 g/mol. The van der Waals surface area contributed by atoms with E-state index in [1.54, 1.807) is 0 Å². The molecule has 29 heavy (non-hydrogen) atoms. The molecule has 0 spiro atoms. The number of carbonyl (C=O) groups excluding carboxylic acids is 1. The minimum absolute atomic E-state index is 0.218. The van der Waals surface area contributed by atoms with Gasteiger partial charge in [0.05, 0.1) is 10.7 Å². The fourth-order valence-electron chi connectivity index (χ4n) is 3.69. The molecular formula is C19H24ClF4N3O2. The van der Waals surface area contributed by atoms with Crippen LogP contribution in [-0.4, -0.2) is 74.1 Å². The van der Waals surface area contributed by atoms with Gasteiger partial charge in [-0.2, -0.15) is 13.2 Å². The van der Waals surface area contributed by atoms with Crippen molar-refractivity contribution in [3.8, 4) is 0 Å². The molecule has 1 amide bonds. The maximum Gasteiger partial charge on any atom is 0.428 e. The molecule has 1 aromatic carbocycles. The van der Waals surface area contributed by atoms with Gasteiger partial charge in [-0.15, -0.1) is 0 Å². The topological polar surface area (TPSA) is 36.0 Å². The van der Waals surface area contributed by atoms with Crippen LogP contribution in [0, 0.1) is 0 Å². The van der Waals surface area contributed by atoms with Gasteiger partial charge in [-0.1, -0.05) is 23.7 Å². The van der Waals surface area contributed by atoms with Gasteiger partial charge in [0.15, 0.2) is 0 Å². The number of anilines is 1. The number of hydrogen-bond acceptors (Lipinski definition) is 4. The van der Waals surface area contributed by atoms with E-state index in [1.807, 2.05) is 18.2 Å². The molecular weight excluding hydrogens is 414 g/mol. The van der Waals surface area contributed by atoms with E-state index >= 15 is 0 Å². The zero-order chi connectivity index (χ0) is 21.0. The van der Waals surface area contributed by atoms with Crippen molar-refractivity contribution in [1.82, 2.24) is 9.80 Å². The van der Waals surface area contributed by atoms with Crippen LogP contribution in [0.5, 0.6) is 0 Å². The van der Waals surface area contributed by atoms with Gasteiger partial charge in [-0.05, 0) is 24.5 Å². The highest BCUT2D eigenvalue weighted by atomic mass is 35.5. The first-order valence-electron chi connectivity index (χ1n) is 9.62. The largest absolute Gasteiger partial charge is 0.434 e. The molecule has 1 aromatic rings. The van der Waals surface area contributed by atoms with E-state index < -0.39 is 25.0 Å². The van der Waals surface area contributed by atoms with Crippen molar-refractivity contribution >= 4 is 23.4 Å². The van der Waals surface area contributed by atoms with Gasteiger partial charge in [0, 0.05) is 45.8 Å². The molecule has 10 heteroatoms. The lowest BCUT2D eigenvalue weighted by Gasteiger charge is -2.35. The molecule has 2 fully saturated rings. The molecule has 0 saturated carbocycles. The second kappa shape index (κ2) is 9.38. The summed E-state index contributed by atoms with van der Waals surface area (Å²) >= 11 is 6.44. The molecule has 0 N–H and O–H groups in total. The van der Waals surface area contributed by atoms with Gasteiger partial charge in [0.1, 0.15) is 6.67 Å². The van der Waals surface area contributed by atoms with E-state index in [0.717, 1.165) is 37.2 Å². The number of para-hydroxylation sites is 1. The SMILES string of the molecule is O=C(OC(CF)C(F)(F)F)N1CCN(Cc2cccc(Cl)c2N2CCCC2)CC1. The summed E-state index contributed by atoms with van der Waals surface area (Å²) in [7, 11) is 0. The van der Waals surface area contributed by atoms with Gasteiger partial charge in [0.2, 0.25) is 6.10 Å².